The van der Waals surface area contributed by atoms with E-state index < -0.39 is 0 Å². The van der Waals surface area contributed by atoms with E-state index in [1.165, 1.54) is 10.5 Å². The molecule has 2 aliphatic heterocycles. The van der Waals surface area contributed by atoms with E-state index in [1.807, 2.05) is 24.3 Å². The molecule has 1 atom stereocenters. The largest absolute Gasteiger partial charge is 0.454 e. The van der Waals surface area contributed by atoms with Crippen molar-refractivity contribution in [3.05, 3.63) is 54.1 Å². The van der Waals surface area contributed by atoms with Gasteiger partial charge < -0.3 is 14.6 Å². The van der Waals surface area contributed by atoms with Crippen molar-refractivity contribution < 1.29 is 14.6 Å². The van der Waals surface area contributed by atoms with E-state index >= 15 is 0 Å². The van der Waals surface area contributed by atoms with Gasteiger partial charge in [-0.15, -0.1) is 11.8 Å². The predicted octanol–water partition coefficient (Wildman–Crippen LogP) is 2.69. The molecular weight excluding hydrogens is 360 g/mol. The minimum Gasteiger partial charge on any atom is -0.454 e. The molecule has 0 spiro atoms. The Morgan fingerprint density at radius 3 is 2.48 bits per heavy atom. The molecule has 2 aliphatic rings. The fraction of sp³-hybridized carbons (Fsp3) is 0.429. The molecule has 27 heavy (non-hydrogen) atoms. The number of thioether (sulfide) groups is 1. The summed E-state index contributed by atoms with van der Waals surface area (Å²) in [6, 6.07) is 16.5. The van der Waals surface area contributed by atoms with Gasteiger partial charge in [0.05, 0.1) is 6.10 Å². The number of rotatable bonds is 7. The number of piperazine rings is 1. The Kier molecular flexibility index (Phi) is 6.19. The zero-order valence-electron chi connectivity index (χ0n) is 15.4. The van der Waals surface area contributed by atoms with Crippen LogP contribution < -0.4 is 9.47 Å². The number of aliphatic hydroxyl groups is 1. The van der Waals surface area contributed by atoms with Crippen molar-refractivity contribution >= 4 is 11.8 Å². The molecule has 2 aromatic carbocycles. The monoisotopic (exact) mass is 386 g/mol. The smallest absolute Gasteiger partial charge is 0.231 e. The molecule has 0 aromatic heterocycles. The van der Waals surface area contributed by atoms with Crippen LogP contribution in [0.5, 0.6) is 11.5 Å². The first-order chi connectivity index (χ1) is 13.3. The molecule has 0 unspecified atom stereocenters. The van der Waals surface area contributed by atoms with Crippen LogP contribution in [0.15, 0.2) is 53.4 Å². The van der Waals surface area contributed by atoms with Gasteiger partial charge in [-0.05, 0) is 29.8 Å². The summed E-state index contributed by atoms with van der Waals surface area (Å²) in [5, 5.41) is 10.4. The highest BCUT2D eigenvalue weighted by atomic mass is 32.2. The van der Waals surface area contributed by atoms with Crippen molar-refractivity contribution in [2.45, 2.75) is 17.5 Å². The Morgan fingerprint density at radius 2 is 1.67 bits per heavy atom. The number of fused-ring (bicyclic) bond motifs is 1. The maximum Gasteiger partial charge on any atom is 0.231 e. The lowest BCUT2D eigenvalue weighted by Crippen LogP contribution is -2.48. The maximum atomic E-state index is 10.4. The van der Waals surface area contributed by atoms with Crippen molar-refractivity contribution in [2.75, 3.05) is 45.3 Å². The summed E-state index contributed by atoms with van der Waals surface area (Å²) in [5.41, 5.74) is 1.26. The van der Waals surface area contributed by atoms with E-state index in [1.54, 1.807) is 11.8 Å². The van der Waals surface area contributed by atoms with Gasteiger partial charge in [-0.25, -0.2) is 0 Å². The van der Waals surface area contributed by atoms with Crippen LogP contribution >= 0.6 is 11.8 Å². The van der Waals surface area contributed by atoms with Crippen LogP contribution in [0.4, 0.5) is 0 Å². The van der Waals surface area contributed by atoms with Gasteiger partial charge in [0.25, 0.3) is 0 Å². The van der Waals surface area contributed by atoms with Crippen LogP contribution in [0.2, 0.25) is 0 Å². The highest BCUT2D eigenvalue weighted by Crippen LogP contribution is 2.32. The van der Waals surface area contributed by atoms with Crippen molar-refractivity contribution in [1.29, 1.82) is 0 Å². The zero-order valence-corrected chi connectivity index (χ0v) is 16.2. The normalized spacial score (nSPS) is 18.6. The lowest BCUT2D eigenvalue weighted by atomic mass is 10.1. The lowest BCUT2D eigenvalue weighted by molar-refractivity contribution is 0.0798. The third-order valence-corrected chi connectivity index (χ3v) is 6.12. The molecule has 1 N–H and O–H groups in total. The number of ether oxygens (including phenoxy) is 2. The van der Waals surface area contributed by atoms with Gasteiger partial charge in [-0.1, -0.05) is 24.3 Å². The first kappa shape index (κ1) is 18.6. The SMILES string of the molecule is O[C@H](CSc1ccccc1)CN1CCN(Cc2ccc3c(c2)OCO3)CC1. The van der Waals surface area contributed by atoms with Crippen LogP contribution in [-0.4, -0.2) is 66.3 Å². The van der Waals surface area contributed by atoms with Crippen molar-refractivity contribution in [2.24, 2.45) is 0 Å². The molecule has 5 nitrogen and oxygen atoms in total. The van der Waals surface area contributed by atoms with E-state index in [9.17, 15) is 5.11 Å². The second-order valence-corrected chi connectivity index (χ2v) is 8.14. The van der Waals surface area contributed by atoms with Gasteiger partial charge in [0.1, 0.15) is 0 Å². The molecular formula is C21H26N2O3S. The first-order valence-electron chi connectivity index (χ1n) is 9.45. The van der Waals surface area contributed by atoms with Crippen LogP contribution in [0.1, 0.15) is 5.56 Å². The summed E-state index contributed by atoms with van der Waals surface area (Å²) >= 11 is 1.72. The summed E-state index contributed by atoms with van der Waals surface area (Å²) in [7, 11) is 0. The second-order valence-electron chi connectivity index (χ2n) is 7.04. The summed E-state index contributed by atoms with van der Waals surface area (Å²) in [6.07, 6.45) is -0.296. The zero-order chi connectivity index (χ0) is 18.5. The van der Waals surface area contributed by atoms with Crippen molar-refractivity contribution in [1.82, 2.24) is 9.80 Å². The lowest BCUT2D eigenvalue weighted by Gasteiger charge is -2.35. The highest BCUT2D eigenvalue weighted by molar-refractivity contribution is 7.99. The third-order valence-electron chi connectivity index (χ3n) is 4.96. The standard InChI is InChI=1S/C21H26N2O3S/c24-18(15-27-19-4-2-1-3-5-19)14-23-10-8-22(9-11-23)13-17-6-7-20-21(12-17)26-16-25-20/h1-7,12,18,24H,8-11,13-16H2/t18-/m0/s1. The molecule has 0 amide bonds. The van der Waals surface area contributed by atoms with Gasteiger partial charge in [0.2, 0.25) is 6.79 Å². The number of benzene rings is 2. The first-order valence-corrected chi connectivity index (χ1v) is 10.4. The van der Waals surface area contributed by atoms with Crippen LogP contribution in [0.3, 0.4) is 0 Å². The minimum absolute atomic E-state index is 0.296. The quantitative estimate of drug-likeness (QED) is 0.739. The number of hydrogen-bond acceptors (Lipinski definition) is 6. The Bertz CT molecular complexity index is 735. The minimum atomic E-state index is -0.296. The number of hydrogen-bond donors (Lipinski definition) is 1. The molecule has 144 valence electrons. The topological polar surface area (TPSA) is 45.2 Å². The van der Waals surface area contributed by atoms with E-state index in [2.05, 4.69) is 34.1 Å². The molecule has 0 bridgehead atoms. The number of β-amino-alcohol motifs (C(OH)–C–C–N with tert-alkyl or cyclic N) is 1. The second kappa shape index (κ2) is 8.97. The average molecular weight is 387 g/mol. The van der Waals surface area contributed by atoms with Crippen LogP contribution in [-0.2, 0) is 6.54 Å². The molecule has 0 aliphatic carbocycles. The molecule has 0 saturated carbocycles. The fourth-order valence-corrected chi connectivity index (χ4v) is 4.33. The van der Waals surface area contributed by atoms with Gasteiger partial charge in [0.15, 0.2) is 11.5 Å². The Balaban J connectivity index is 1.18. The Labute approximate surface area is 164 Å². The van der Waals surface area contributed by atoms with E-state index in [4.69, 9.17) is 9.47 Å². The molecule has 2 heterocycles. The van der Waals surface area contributed by atoms with E-state index in [0.29, 0.717) is 6.79 Å². The van der Waals surface area contributed by atoms with Crippen LogP contribution in [0, 0.1) is 0 Å². The van der Waals surface area contributed by atoms with Gasteiger partial charge in [-0.2, -0.15) is 0 Å². The van der Waals surface area contributed by atoms with E-state index in [-0.39, 0.29) is 6.10 Å². The number of aliphatic hydroxyl groups excluding tert-OH is 1. The van der Waals surface area contributed by atoms with Crippen molar-refractivity contribution in [3.63, 3.8) is 0 Å². The highest BCUT2D eigenvalue weighted by Gasteiger charge is 2.20. The fourth-order valence-electron chi connectivity index (χ4n) is 3.49. The molecule has 1 saturated heterocycles. The maximum absolute atomic E-state index is 10.4. The van der Waals surface area contributed by atoms with Crippen molar-refractivity contribution in [3.8, 4) is 11.5 Å². The van der Waals surface area contributed by atoms with Gasteiger partial charge in [0, 0.05) is 49.9 Å². The van der Waals surface area contributed by atoms with Gasteiger partial charge >= 0.3 is 0 Å². The summed E-state index contributed by atoms with van der Waals surface area (Å²) in [5.74, 6) is 2.43. The molecule has 2 aromatic rings. The van der Waals surface area contributed by atoms with E-state index in [0.717, 1.165) is 56.5 Å². The average Bonchev–Trinajstić information content (AvgIpc) is 3.17. The Morgan fingerprint density at radius 1 is 0.926 bits per heavy atom. The third kappa shape index (κ3) is 5.17. The predicted molar refractivity (Wildman–Crippen MR) is 107 cm³/mol. The number of nitrogens with zero attached hydrogens (tertiary/aromatic N) is 2. The molecule has 1 fully saturated rings. The Hall–Kier alpha value is -1.73. The van der Waals surface area contributed by atoms with Crippen LogP contribution in [0.25, 0.3) is 0 Å². The summed E-state index contributed by atoms with van der Waals surface area (Å²) in [4.78, 5) is 6.04. The summed E-state index contributed by atoms with van der Waals surface area (Å²) in [6.45, 7) is 6.03. The molecule has 0 radical (unpaired) electrons. The molecule has 6 heteroatoms. The summed E-state index contributed by atoms with van der Waals surface area (Å²) < 4.78 is 10.8. The van der Waals surface area contributed by atoms with Gasteiger partial charge in [-0.3, -0.25) is 9.80 Å². The molecule has 4 rings (SSSR count).